The van der Waals surface area contributed by atoms with E-state index in [2.05, 4.69) is 4.98 Å². The Morgan fingerprint density at radius 1 is 1.35 bits per heavy atom. The van der Waals surface area contributed by atoms with Gasteiger partial charge in [0.2, 0.25) is 10.0 Å². The van der Waals surface area contributed by atoms with Gasteiger partial charge < -0.3 is 9.47 Å². The molecule has 1 atom stereocenters. The van der Waals surface area contributed by atoms with E-state index in [1.165, 1.54) is 0 Å². The van der Waals surface area contributed by atoms with E-state index in [1.807, 2.05) is 25.1 Å². The van der Waals surface area contributed by atoms with Crippen LogP contribution in [-0.4, -0.2) is 55.4 Å². The van der Waals surface area contributed by atoms with Crippen molar-refractivity contribution in [3.63, 3.8) is 0 Å². The Bertz CT molecular complexity index is 699. The van der Waals surface area contributed by atoms with E-state index >= 15 is 0 Å². The van der Waals surface area contributed by atoms with Crippen LogP contribution in [0.5, 0.6) is 0 Å². The maximum Gasteiger partial charge on any atom is 0.213 e. The molecule has 0 N–H and O–H groups in total. The summed E-state index contributed by atoms with van der Waals surface area (Å²) in [5.74, 6) is 0.616. The van der Waals surface area contributed by atoms with Crippen LogP contribution >= 0.6 is 0 Å². The standard InChI is InChI=1S/C19H30N2O4S/c1-3-26(22,23)21-11-9-19(10-12-21)17(8-14-25-19)7-13-24-15-18-6-4-5-16(2)20-18/h4-6,17H,3,7-15H2,1-2H3/t17-/m0/s1. The molecule has 3 rings (SSSR count). The Kier molecular flexibility index (Phi) is 6.33. The molecule has 26 heavy (non-hydrogen) atoms. The van der Waals surface area contributed by atoms with Gasteiger partial charge in [-0.15, -0.1) is 0 Å². The van der Waals surface area contributed by atoms with Crippen molar-refractivity contribution in [1.82, 2.24) is 9.29 Å². The van der Waals surface area contributed by atoms with E-state index in [0.717, 1.165) is 43.7 Å². The second kappa shape index (κ2) is 8.33. The number of aryl methyl sites for hydroxylation is 1. The number of sulfonamides is 1. The maximum absolute atomic E-state index is 12.1. The zero-order valence-corrected chi connectivity index (χ0v) is 16.6. The molecule has 0 aliphatic carbocycles. The molecule has 0 radical (unpaired) electrons. The summed E-state index contributed by atoms with van der Waals surface area (Å²) in [6.07, 6.45) is 3.56. The van der Waals surface area contributed by atoms with E-state index < -0.39 is 10.0 Å². The molecule has 2 aliphatic rings. The molecular formula is C19H30N2O4S. The van der Waals surface area contributed by atoms with Crippen LogP contribution in [0.3, 0.4) is 0 Å². The first kappa shape index (κ1) is 19.7. The molecule has 0 unspecified atom stereocenters. The van der Waals surface area contributed by atoms with Crippen molar-refractivity contribution in [2.24, 2.45) is 5.92 Å². The van der Waals surface area contributed by atoms with Crippen molar-refractivity contribution in [3.05, 3.63) is 29.6 Å². The van der Waals surface area contributed by atoms with Gasteiger partial charge in [-0.25, -0.2) is 12.7 Å². The quantitative estimate of drug-likeness (QED) is 0.678. The summed E-state index contributed by atoms with van der Waals surface area (Å²) in [4.78, 5) is 4.45. The highest BCUT2D eigenvalue weighted by Gasteiger charge is 2.47. The summed E-state index contributed by atoms with van der Waals surface area (Å²) in [6, 6.07) is 5.96. The van der Waals surface area contributed by atoms with E-state index in [0.29, 0.717) is 32.2 Å². The predicted octanol–water partition coefficient (Wildman–Crippen LogP) is 2.52. The molecule has 146 valence electrons. The minimum absolute atomic E-state index is 0.162. The lowest BCUT2D eigenvalue weighted by molar-refractivity contribution is -0.0618. The first-order valence-corrected chi connectivity index (χ1v) is 11.2. The van der Waals surface area contributed by atoms with Crippen molar-refractivity contribution in [1.29, 1.82) is 0 Å². The zero-order valence-electron chi connectivity index (χ0n) is 15.8. The molecular weight excluding hydrogens is 352 g/mol. The highest BCUT2D eigenvalue weighted by atomic mass is 32.2. The molecule has 0 bridgehead atoms. The third-order valence-electron chi connectivity index (χ3n) is 5.73. The normalized spacial score (nSPS) is 23.5. The average Bonchev–Trinajstić information content (AvgIpc) is 3.01. The lowest BCUT2D eigenvalue weighted by Crippen LogP contribution is -2.49. The number of hydrogen-bond acceptors (Lipinski definition) is 5. The first-order chi connectivity index (χ1) is 12.5. The Morgan fingerprint density at radius 3 is 2.81 bits per heavy atom. The summed E-state index contributed by atoms with van der Waals surface area (Å²) < 4.78 is 37.7. The van der Waals surface area contributed by atoms with E-state index in [9.17, 15) is 8.42 Å². The highest BCUT2D eigenvalue weighted by molar-refractivity contribution is 7.89. The molecule has 0 aromatic carbocycles. The molecule has 1 spiro atoms. The van der Waals surface area contributed by atoms with Gasteiger partial charge in [0, 0.05) is 32.0 Å². The largest absolute Gasteiger partial charge is 0.375 e. The monoisotopic (exact) mass is 382 g/mol. The van der Waals surface area contributed by atoms with Crippen molar-refractivity contribution in [2.45, 2.75) is 51.7 Å². The SMILES string of the molecule is CCS(=O)(=O)N1CCC2(CC1)OCC[C@@H]2CCOCc1cccc(C)n1. The number of pyridine rings is 1. The Labute approximate surface area is 156 Å². The summed E-state index contributed by atoms with van der Waals surface area (Å²) >= 11 is 0. The van der Waals surface area contributed by atoms with Gasteiger partial charge in [0.15, 0.2) is 0 Å². The topological polar surface area (TPSA) is 68.7 Å². The van der Waals surface area contributed by atoms with Gasteiger partial charge in [0.1, 0.15) is 0 Å². The average molecular weight is 383 g/mol. The summed E-state index contributed by atoms with van der Waals surface area (Å²) in [6.45, 7) is 6.81. The summed E-state index contributed by atoms with van der Waals surface area (Å²) in [5, 5.41) is 0. The van der Waals surface area contributed by atoms with Gasteiger partial charge in [0.25, 0.3) is 0 Å². The Morgan fingerprint density at radius 2 is 2.12 bits per heavy atom. The van der Waals surface area contributed by atoms with Crippen molar-refractivity contribution in [2.75, 3.05) is 32.1 Å². The van der Waals surface area contributed by atoms with Gasteiger partial charge in [-0.2, -0.15) is 0 Å². The Hall–Kier alpha value is -1.02. The first-order valence-electron chi connectivity index (χ1n) is 9.57. The van der Waals surface area contributed by atoms with Crippen LogP contribution in [0.2, 0.25) is 0 Å². The van der Waals surface area contributed by atoms with Crippen LogP contribution < -0.4 is 0 Å². The minimum atomic E-state index is -3.09. The summed E-state index contributed by atoms with van der Waals surface area (Å²) in [7, 11) is -3.09. The Balaban J connectivity index is 1.48. The molecule has 3 heterocycles. The predicted molar refractivity (Wildman–Crippen MR) is 100 cm³/mol. The van der Waals surface area contributed by atoms with Crippen molar-refractivity contribution >= 4 is 10.0 Å². The molecule has 7 heteroatoms. The number of ether oxygens (including phenoxy) is 2. The van der Waals surface area contributed by atoms with Gasteiger partial charge in [-0.05, 0) is 57.6 Å². The van der Waals surface area contributed by atoms with E-state index in [4.69, 9.17) is 9.47 Å². The number of aromatic nitrogens is 1. The van der Waals surface area contributed by atoms with E-state index in [-0.39, 0.29) is 11.4 Å². The second-order valence-electron chi connectivity index (χ2n) is 7.31. The molecule has 2 aliphatic heterocycles. The van der Waals surface area contributed by atoms with Crippen LogP contribution in [0.25, 0.3) is 0 Å². The van der Waals surface area contributed by atoms with Crippen LogP contribution in [-0.2, 0) is 26.1 Å². The van der Waals surface area contributed by atoms with Crippen LogP contribution in [0.4, 0.5) is 0 Å². The molecule has 1 aromatic heterocycles. The maximum atomic E-state index is 12.1. The fourth-order valence-electron chi connectivity index (χ4n) is 4.15. The molecule has 6 nitrogen and oxygen atoms in total. The van der Waals surface area contributed by atoms with Gasteiger partial charge in [0.05, 0.1) is 23.7 Å². The second-order valence-corrected chi connectivity index (χ2v) is 9.57. The smallest absolute Gasteiger partial charge is 0.213 e. The number of hydrogen-bond donors (Lipinski definition) is 0. The van der Waals surface area contributed by atoms with Crippen LogP contribution in [0, 0.1) is 12.8 Å². The number of piperidine rings is 1. The molecule has 0 amide bonds. The third kappa shape index (κ3) is 4.44. The lowest BCUT2D eigenvalue weighted by atomic mass is 9.78. The highest BCUT2D eigenvalue weighted by Crippen LogP contribution is 2.42. The fourth-order valence-corrected chi connectivity index (χ4v) is 5.26. The number of nitrogens with zero attached hydrogens (tertiary/aromatic N) is 2. The molecule has 2 fully saturated rings. The molecule has 2 saturated heterocycles. The van der Waals surface area contributed by atoms with E-state index in [1.54, 1.807) is 11.2 Å². The minimum Gasteiger partial charge on any atom is -0.375 e. The van der Waals surface area contributed by atoms with Crippen LogP contribution in [0.15, 0.2) is 18.2 Å². The number of rotatable bonds is 7. The zero-order chi connectivity index (χ0) is 18.6. The van der Waals surface area contributed by atoms with Crippen LogP contribution in [0.1, 0.15) is 44.0 Å². The van der Waals surface area contributed by atoms with Gasteiger partial charge >= 0.3 is 0 Å². The lowest BCUT2D eigenvalue weighted by Gasteiger charge is -2.41. The molecule has 0 saturated carbocycles. The fraction of sp³-hybridized carbons (Fsp3) is 0.737. The molecule has 1 aromatic rings. The third-order valence-corrected chi connectivity index (χ3v) is 7.61. The van der Waals surface area contributed by atoms with Crippen molar-refractivity contribution < 1.29 is 17.9 Å². The van der Waals surface area contributed by atoms with Gasteiger partial charge in [-0.1, -0.05) is 6.07 Å². The summed E-state index contributed by atoms with van der Waals surface area (Å²) in [5.41, 5.74) is 1.80. The van der Waals surface area contributed by atoms with Crippen molar-refractivity contribution in [3.8, 4) is 0 Å². The van der Waals surface area contributed by atoms with Gasteiger partial charge in [-0.3, -0.25) is 4.98 Å².